The van der Waals surface area contributed by atoms with Crippen LogP contribution in [0.1, 0.15) is 0 Å². The molecule has 2 aliphatic rings. The molecule has 2 rings (SSSR count). The highest BCUT2D eigenvalue weighted by atomic mass is 31.2. The van der Waals surface area contributed by atoms with E-state index in [2.05, 4.69) is 4.52 Å². The van der Waals surface area contributed by atoms with Crippen molar-refractivity contribution in [3.05, 3.63) is 0 Å². The Labute approximate surface area is 181 Å². The van der Waals surface area contributed by atoms with Gasteiger partial charge < -0.3 is 69.6 Å². The molecule has 32 heavy (non-hydrogen) atoms. The molecule has 0 aromatic rings. The minimum absolute atomic E-state index is 0.655. The van der Waals surface area contributed by atoms with Gasteiger partial charge >= 0.3 is 7.82 Å². The fourth-order valence-electron chi connectivity index (χ4n) is 3.08. The highest BCUT2D eigenvalue weighted by Gasteiger charge is 2.46. The molecular weight excluding hydrogens is 467 g/mol. The monoisotopic (exact) mass is 496 g/mol. The standard InChI is InChI=1S/C15H29O16P/c16-1-6-8(18)10(20)12(22)14(30-6)27-3-5(4-28-32(24,25)26)29-15-13(23)11(21)9(19)7(2-17)31-15/h5-23H,1-4H2,(H2,24,25,26)/t5-,6-,7-,8-,9-,10+,11+,12-,13-,14?,15?/m1/s1. The molecule has 2 aliphatic heterocycles. The first-order chi connectivity index (χ1) is 14.9. The molecule has 0 saturated carbocycles. The molecule has 0 bridgehead atoms. The fraction of sp³-hybridized carbons (Fsp3) is 1.00. The second-order valence-corrected chi connectivity index (χ2v) is 8.51. The van der Waals surface area contributed by atoms with Crippen LogP contribution < -0.4 is 0 Å². The molecule has 0 amide bonds. The van der Waals surface area contributed by atoms with Crippen molar-refractivity contribution in [2.45, 2.75) is 67.5 Å². The van der Waals surface area contributed by atoms with Crippen LogP contribution in [-0.2, 0) is 28.0 Å². The molecular formula is C15H29O16P. The zero-order chi connectivity index (χ0) is 24.2. The van der Waals surface area contributed by atoms with E-state index in [1.54, 1.807) is 0 Å². The van der Waals surface area contributed by atoms with E-state index >= 15 is 0 Å². The van der Waals surface area contributed by atoms with Crippen molar-refractivity contribution in [1.29, 1.82) is 0 Å². The van der Waals surface area contributed by atoms with Crippen LogP contribution in [0.4, 0.5) is 0 Å². The minimum atomic E-state index is -4.98. The number of phosphoric ester groups is 1. The summed E-state index contributed by atoms with van der Waals surface area (Å²) >= 11 is 0. The van der Waals surface area contributed by atoms with E-state index < -0.39 is 102 Å². The quantitative estimate of drug-likeness (QED) is 0.126. The third-order valence-corrected chi connectivity index (χ3v) is 5.38. The van der Waals surface area contributed by atoms with Crippen molar-refractivity contribution in [1.82, 2.24) is 0 Å². The number of aliphatic hydroxyl groups excluding tert-OH is 8. The number of phosphoric acid groups is 1. The van der Waals surface area contributed by atoms with E-state index in [0.717, 1.165) is 0 Å². The molecule has 17 heteroatoms. The highest BCUT2D eigenvalue weighted by molar-refractivity contribution is 7.46. The van der Waals surface area contributed by atoms with Crippen molar-refractivity contribution >= 4 is 7.82 Å². The van der Waals surface area contributed by atoms with Crippen molar-refractivity contribution in [3.63, 3.8) is 0 Å². The van der Waals surface area contributed by atoms with Gasteiger partial charge in [0.05, 0.1) is 26.4 Å². The first-order valence-electron chi connectivity index (χ1n) is 9.47. The number of rotatable bonds is 10. The Kier molecular flexibility index (Phi) is 10.3. The van der Waals surface area contributed by atoms with Crippen LogP contribution in [0, 0.1) is 0 Å². The van der Waals surface area contributed by atoms with Crippen molar-refractivity contribution in [2.75, 3.05) is 26.4 Å². The average molecular weight is 496 g/mol. The first-order valence-corrected chi connectivity index (χ1v) is 11.0. The minimum Gasteiger partial charge on any atom is -0.394 e. The second-order valence-electron chi connectivity index (χ2n) is 7.27. The zero-order valence-electron chi connectivity index (χ0n) is 16.5. The van der Waals surface area contributed by atoms with Crippen LogP contribution in [0.25, 0.3) is 0 Å². The van der Waals surface area contributed by atoms with Gasteiger partial charge in [-0.05, 0) is 0 Å². The van der Waals surface area contributed by atoms with Crippen LogP contribution in [0.2, 0.25) is 0 Å². The zero-order valence-corrected chi connectivity index (χ0v) is 17.4. The number of ether oxygens (including phenoxy) is 4. The molecule has 0 radical (unpaired) electrons. The van der Waals surface area contributed by atoms with Gasteiger partial charge in [-0.15, -0.1) is 0 Å². The van der Waals surface area contributed by atoms with Gasteiger partial charge in [-0.25, -0.2) is 4.57 Å². The Morgan fingerprint density at radius 3 is 1.66 bits per heavy atom. The first kappa shape index (κ1) is 27.9. The highest BCUT2D eigenvalue weighted by Crippen LogP contribution is 2.36. The maximum absolute atomic E-state index is 11.0. The summed E-state index contributed by atoms with van der Waals surface area (Å²) in [6.45, 7) is -2.98. The Hall–Kier alpha value is -0.370. The Morgan fingerprint density at radius 1 is 0.719 bits per heavy atom. The predicted octanol–water partition coefficient (Wildman–Crippen LogP) is -5.90. The van der Waals surface area contributed by atoms with Gasteiger partial charge in [0.1, 0.15) is 54.9 Å². The summed E-state index contributed by atoms with van der Waals surface area (Å²) < 4.78 is 36.2. The van der Waals surface area contributed by atoms with Gasteiger partial charge in [0.25, 0.3) is 0 Å². The summed E-state index contributed by atoms with van der Waals surface area (Å²) in [5.74, 6) is 0. The molecule has 2 fully saturated rings. The lowest BCUT2D eigenvalue weighted by molar-refractivity contribution is -0.329. The van der Waals surface area contributed by atoms with E-state index in [-0.39, 0.29) is 0 Å². The summed E-state index contributed by atoms with van der Waals surface area (Å²) in [6.07, 6.45) is -17.8. The van der Waals surface area contributed by atoms with E-state index in [4.69, 9.17) is 28.7 Å². The van der Waals surface area contributed by atoms with E-state index in [9.17, 15) is 45.4 Å². The van der Waals surface area contributed by atoms with E-state index in [0.29, 0.717) is 0 Å². The second kappa shape index (κ2) is 11.9. The third kappa shape index (κ3) is 7.07. The van der Waals surface area contributed by atoms with Crippen LogP contribution in [0.3, 0.4) is 0 Å². The summed E-state index contributed by atoms with van der Waals surface area (Å²) in [7, 11) is -4.98. The lowest BCUT2D eigenvalue weighted by Gasteiger charge is -2.41. The van der Waals surface area contributed by atoms with Gasteiger partial charge in [0.15, 0.2) is 12.6 Å². The van der Waals surface area contributed by atoms with Crippen LogP contribution >= 0.6 is 7.82 Å². The van der Waals surface area contributed by atoms with Crippen molar-refractivity contribution in [3.8, 4) is 0 Å². The average Bonchev–Trinajstić information content (AvgIpc) is 2.74. The molecule has 0 aliphatic carbocycles. The van der Waals surface area contributed by atoms with E-state index in [1.807, 2.05) is 0 Å². The third-order valence-electron chi connectivity index (χ3n) is 4.90. The van der Waals surface area contributed by atoms with Crippen LogP contribution in [0.5, 0.6) is 0 Å². The fourth-order valence-corrected chi connectivity index (χ4v) is 3.44. The maximum atomic E-state index is 11.0. The normalized spacial score (nSPS) is 42.1. The number of aliphatic hydroxyl groups is 8. The van der Waals surface area contributed by atoms with Crippen LogP contribution in [0.15, 0.2) is 0 Å². The number of hydrogen-bond donors (Lipinski definition) is 10. The molecule has 2 saturated heterocycles. The molecule has 0 spiro atoms. The molecule has 0 aromatic carbocycles. The van der Waals surface area contributed by atoms with Gasteiger partial charge in [-0.2, -0.15) is 0 Å². The maximum Gasteiger partial charge on any atom is 0.469 e. The smallest absolute Gasteiger partial charge is 0.394 e. The van der Waals surface area contributed by atoms with Gasteiger partial charge in [-0.3, -0.25) is 4.52 Å². The molecule has 10 N–H and O–H groups in total. The van der Waals surface area contributed by atoms with Gasteiger partial charge in [0, 0.05) is 0 Å². The van der Waals surface area contributed by atoms with Crippen molar-refractivity contribution < 1.29 is 78.7 Å². The predicted molar refractivity (Wildman–Crippen MR) is 96.4 cm³/mol. The lowest BCUT2D eigenvalue weighted by atomic mass is 9.99. The van der Waals surface area contributed by atoms with Crippen molar-refractivity contribution in [2.24, 2.45) is 0 Å². The molecule has 2 unspecified atom stereocenters. The van der Waals surface area contributed by atoms with E-state index in [1.165, 1.54) is 0 Å². The van der Waals surface area contributed by atoms with Gasteiger partial charge in [0.2, 0.25) is 0 Å². The number of hydrogen-bond acceptors (Lipinski definition) is 14. The molecule has 16 nitrogen and oxygen atoms in total. The molecule has 0 aromatic heterocycles. The van der Waals surface area contributed by atoms with Gasteiger partial charge in [-0.1, -0.05) is 0 Å². The Morgan fingerprint density at radius 2 is 1.19 bits per heavy atom. The topological polar surface area (TPSA) is 266 Å². The lowest BCUT2D eigenvalue weighted by Crippen LogP contribution is -2.60. The summed E-state index contributed by atoms with van der Waals surface area (Å²) in [4.78, 5) is 17.8. The molecule has 2 heterocycles. The summed E-state index contributed by atoms with van der Waals surface area (Å²) in [6, 6.07) is 0. The Balaban J connectivity index is 2.07. The largest absolute Gasteiger partial charge is 0.469 e. The summed E-state index contributed by atoms with van der Waals surface area (Å²) in [5, 5.41) is 77.7. The summed E-state index contributed by atoms with van der Waals surface area (Å²) in [5.41, 5.74) is 0. The van der Waals surface area contributed by atoms with Crippen LogP contribution in [-0.4, -0.2) is 145 Å². The molecule has 190 valence electrons. The SMILES string of the molecule is O=P(O)(O)OC[C@@H](COC1O[C@H](CO)[C@@H](O)[C@H](O)[C@H]1O)OC1O[C@H](CO)[C@@H](O)[C@H](O)[C@H]1O. The molecule has 11 atom stereocenters. The Bertz CT molecular complexity index is 614.